The van der Waals surface area contributed by atoms with Gasteiger partial charge in [-0.2, -0.15) is 18.3 Å². The van der Waals surface area contributed by atoms with Crippen LogP contribution < -0.4 is 10.6 Å². The molecule has 6 N–H and O–H groups in total. The van der Waals surface area contributed by atoms with Crippen LogP contribution in [0.15, 0.2) is 47.4 Å². The van der Waals surface area contributed by atoms with Crippen LogP contribution in [0.4, 0.5) is 13.2 Å². The monoisotopic (exact) mass is 500 g/mol. The molecule has 35 heavy (non-hydrogen) atoms. The van der Waals surface area contributed by atoms with Gasteiger partial charge >= 0.3 is 12.1 Å². The zero-order chi connectivity index (χ0) is 26.3. The van der Waals surface area contributed by atoms with Gasteiger partial charge in [0.05, 0.1) is 30.9 Å². The second kappa shape index (κ2) is 11.8. The molecule has 0 fully saturated rings. The standard InChI is InChI=1S/C22H27F3N4O6/c1-11-7-17(21(33)34)35-20(12(2)16(31)10-30)19(11)28-18(32)9-27-8-15(29-26)13-3-5-14(6-4-13)22(23,24)25/h3-8,11-12,16,19-20,26-27,30-31H,9-10H2,1-2H3,(H,28,32)(H,33,34)/b15-8-,29-26?/t11?,12?,16?,19-,20?/m1/s1. The molecular formula is C22H27F3N4O6. The van der Waals surface area contributed by atoms with E-state index < -0.39 is 60.3 Å². The molecule has 0 radical (unpaired) electrons. The number of hydrogen-bond donors (Lipinski definition) is 6. The third-order valence-electron chi connectivity index (χ3n) is 5.58. The van der Waals surface area contributed by atoms with Crippen LogP contribution in [0.2, 0.25) is 0 Å². The Kier molecular flexibility index (Phi) is 9.37. The number of aliphatic hydroxyl groups is 2. The Hall–Kier alpha value is -3.45. The number of aliphatic hydroxyl groups excluding tert-OH is 2. The van der Waals surface area contributed by atoms with Gasteiger partial charge in [-0.1, -0.05) is 26.0 Å². The van der Waals surface area contributed by atoms with E-state index in [2.05, 4.69) is 15.7 Å². The highest BCUT2D eigenvalue weighted by Crippen LogP contribution is 2.31. The molecule has 0 aromatic heterocycles. The molecule has 1 amide bonds. The number of carboxylic acid groups (broad SMARTS) is 1. The fraction of sp³-hybridized carbons (Fsp3) is 0.455. The van der Waals surface area contributed by atoms with E-state index in [9.17, 15) is 38.1 Å². The molecule has 1 aliphatic rings. The summed E-state index contributed by atoms with van der Waals surface area (Å²) < 4.78 is 43.6. The van der Waals surface area contributed by atoms with Gasteiger partial charge in [0.25, 0.3) is 0 Å². The maximum Gasteiger partial charge on any atom is 0.416 e. The molecule has 0 aliphatic carbocycles. The summed E-state index contributed by atoms with van der Waals surface area (Å²) in [6.45, 7) is 2.33. The molecule has 13 heteroatoms. The molecule has 0 spiro atoms. The van der Waals surface area contributed by atoms with Gasteiger partial charge in [0.1, 0.15) is 11.8 Å². The van der Waals surface area contributed by atoms with Crippen molar-refractivity contribution in [3.63, 3.8) is 0 Å². The number of alkyl halides is 3. The van der Waals surface area contributed by atoms with Crippen LogP contribution >= 0.6 is 0 Å². The van der Waals surface area contributed by atoms with Gasteiger partial charge in [0.15, 0.2) is 0 Å². The second-order valence-electron chi connectivity index (χ2n) is 8.08. The number of carbonyl (C=O) groups excluding carboxylic acids is 1. The Bertz CT molecular complexity index is 980. The third-order valence-corrected chi connectivity index (χ3v) is 5.58. The van der Waals surface area contributed by atoms with E-state index in [-0.39, 0.29) is 23.6 Å². The van der Waals surface area contributed by atoms with Crippen molar-refractivity contribution in [1.82, 2.24) is 10.6 Å². The summed E-state index contributed by atoms with van der Waals surface area (Å²) in [7, 11) is 0. The number of rotatable bonds is 10. The predicted octanol–water partition coefficient (Wildman–Crippen LogP) is 2.10. The number of ether oxygens (including phenoxy) is 1. The quantitative estimate of drug-likeness (QED) is 0.268. The number of aliphatic carboxylic acids is 1. The van der Waals surface area contributed by atoms with Crippen molar-refractivity contribution in [3.05, 3.63) is 53.4 Å². The molecule has 192 valence electrons. The van der Waals surface area contributed by atoms with Crippen molar-refractivity contribution in [2.75, 3.05) is 13.2 Å². The fourth-order valence-electron chi connectivity index (χ4n) is 3.54. The largest absolute Gasteiger partial charge is 0.481 e. The molecule has 0 saturated carbocycles. The summed E-state index contributed by atoms with van der Waals surface area (Å²) in [6, 6.07) is 3.28. The molecule has 10 nitrogen and oxygen atoms in total. The van der Waals surface area contributed by atoms with Crippen molar-refractivity contribution in [3.8, 4) is 0 Å². The lowest BCUT2D eigenvalue weighted by molar-refractivity contribution is -0.142. The Balaban J connectivity index is 2.09. The Morgan fingerprint density at radius 3 is 2.43 bits per heavy atom. The highest BCUT2D eigenvalue weighted by atomic mass is 19.4. The van der Waals surface area contributed by atoms with E-state index in [1.54, 1.807) is 13.8 Å². The van der Waals surface area contributed by atoms with Crippen molar-refractivity contribution in [1.29, 1.82) is 5.53 Å². The third kappa shape index (κ3) is 7.26. The molecule has 0 saturated heterocycles. The minimum Gasteiger partial charge on any atom is -0.481 e. The van der Waals surface area contributed by atoms with Gasteiger partial charge in [-0.05, 0) is 18.2 Å². The van der Waals surface area contributed by atoms with Gasteiger partial charge in [0, 0.05) is 23.6 Å². The van der Waals surface area contributed by atoms with E-state index >= 15 is 0 Å². The Labute approximate surface area is 199 Å². The molecule has 5 atom stereocenters. The highest BCUT2D eigenvalue weighted by molar-refractivity contribution is 5.84. The van der Waals surface area contributed by atoms with Gasteiger partial charge < -0.3 is 30.7 Å². The molecule has 1 heterocycles. The van der Waals surface area contributed by atoms with Crippen LogP contribution in [0.1, 0.15) is 25.0 Å². The summed E-state index contributed by atoms with van der Waals surface area (Å²) in [6.07, 6.45) is -4.13. The molecule has 2 rings (SSSR count). The highest BCUT2D eigenvalue weighted by Gasteiger charge is 2.40. The lowest BCUT2D eigenvalue weighted by Gasteiger charge is -2.39. The summed E-state index contributed by atoms with van der Waals surface area (Å²) in [5, 5.41) is 37.2. The zero-order valence-electron chi connectivity index (χ0n) is 18.9. The van der Waals surface area contributed by atoms with E-state index in [4.69, 9.17) is 10.3 Å². The zero-order valence-corrected chi connectivity index (χ0v) is 18.9. The van der Waals surface area contributed by atoms with Crippen molar-refractivity contribution < 1.29 is 42.8 Å². The topological polar surface area (TPSA) is 164 Å². The summed E-state index contributed by atoms with van der Waals surface area (Å²) in [4.78, 5) is 23.9. The molecule has 1 aliphatic heterocycles. The number of carboxylic acids is 1. The maximum absolute atomic E-state index is 12.7. The second-order valence-corrected chi connectivity index (χ2v) is 8.08. The lowest BCUT2D eigenvalue weighted by Crippen LogP contribution is -2.56. The van der Waals surface area contributed by atoms with Crippen LogP contribution in [-0.2, 0) is 20.5 Å². The molecule has 1 aromatic rings. The Morgan fingerprint density at radius 1 is 1.29 bits per heavy atom. The molecule has 4 unspecified atom stereocenters. The van der Waals surface area contributed by atoms with E-state index in [0.717, 1.165) is 24.3 Å². The lowest BCUT2D eigenvalue weighted by atomic mass is 9.84. The first-order valence-corrected chi connectivity index (χ1v) is 10.6. The normalized spacial score (nSPS) is 22.3. The fourth-order valence-corrected chi connectivity index (χ4v) is 3.54. The van der Waals surface area contributed by atoms with Crippen molar-refractivity contribution >= 4 is 17.6 Å². The number of carbonyl (C=O) groups is 2. The predicted molar refractivity (Wildman–Crippen MR) is 117 cm³/mol. The van der Waals surface area contributed by atoms with Crippen molar-refractivity contribution in [2.24, 2.45) is 17.0 Å². The van der Waals surface area contributed by atoms with Gasteiger partial charge in [0.2, 0.25) is 11.7 Å². The van der Waals surface area contributed by atoms with Crippen LogP contribution in [0.3, 0.4) is 0 Å². The van der Waals surface area contributed by atoms with E-state index in [1.807, 2.05) is 0 Å². The number of nitrogens with zero attached hydrogens (tertiary/aromatic N) is 1. The Morgan fingerprint density at radius 2 is 1.91 bits per heavy atom. The summed E-state index contributed by atoms with van der Waals surface area (Å²) in [5.74, 6) is -3.39. The minimum atomic E-state index is -4.50. The maximum atomic E-state index is 12.7. The number of amides is 1. The van der Waals surface area contributed by atoms with E-state index in [0.29, 0.717) is 0 Å². The van der Waals surface area contributed by atoms with Gasteiger partial charge in [-0.15, -0.1) is 0 Å². The number of hydrogen-bond acceptors (Lipinski definition) is 8. The van der Waals surface area contributed by atoms with Gasteiger partial charge in [-0.3, -0.25) is 4.79 Å². The average Bonchev–Trinajstić information content (AvgIpc) is 2.81. The molecular weight excluding hydrogens is 473 g/mol. The number of nitrogens with one attached hydrogen (secondary N) is 3. The van der Waals surface area contributed by atoms with Crippen LogP contribution in [0, 0.1) is 17.4 Å². The SMILES string of the molecule is CC(C(O)CO)C1OC(C(=O)O)=CC(C)[C@H]1NC(=O)CN/C=C(\N=N)c1ccc(C(F)(F)F)cc1. The minimum absolute atomic E-state index is 0.00695. The van der Waals surface area contributed by atoms with E-state index in [1.165, 1.54) is 12.3 Å². The van der Waals surface area contributed by atoms with Crippen molar-refractivity contribution in [2.45, 2.75) is 38.3 Å². The van der Waals surface area contributed by atoms with Gasteiger partial charge in [-0.25, -0.2) is 10.3 Å². The smallest absolute Gasteiger partial charge is 0.416 e. The summed E-state index contributed by atoms with van der Waals surface area (Å²) in [5.41, 5.74) is 6.63. The first-order valence-electron chi connectivity index (χ1n) is 10.6. The van der Waals surface area contributed by atoms with Crippen LogP contribution in [0.5, 0.6) is 0 Å². The molecule has 1 aromatic carbocycles. The van der Waals surface area contributed by atoms with Crippen LogP contribution in [-0.4, -0.2) is 58.6 Å². The first kappa shape index (κ1) is 27.8. The first-order chi connectivity index (χ1) is 16.4. The molecule has 0 bridgehead atoms. The average molecular weight is 500 g/mol. The van der Waals surface area contributed by atoms with Crippen LogP contribution in [0.25, 0.3) is 5.70 Å². The summed E-state index contributed by atoms with van der Waals surface area (Å²) >= 11 is 0. The number of benzene rings is 1. The number of halogens is 3.